The first-order valence-electron chi connectivity index (χ1n) is 7.92. The third-order valence-electron chi connectivity index (χ3n) is 4.24. The lowest BCUT2D eigenvalue weighted by molar-refractivity contribution is 0.966. The van der Waals surface area contributed by atoms with Crippen molar-refractivity contribution in [1.29, 1.82) is 0 Å². The van der Waals surface area contributed by atoms with Crippen molar-refractivity contribution in [3.63, 3.8) is 0 Å². The van der Waals surface area contributed by atoms with E-state index in [9.17, 15) is 4.79 Å². The van der Waals surface area contributed by atoms with Gasteiger partial charge in [-0.2, -0.15) is 0 Å². The van der Waals surface area contributed by atoms with Crippen LogP contribution >= 0.6 is 33.9 Å². The summed E-state index contributed by atoms with van der Waals surface area (Å²) in [5.41, 5.74) is 9.48. The smallest absolute Gasteiger partial charge is 0.275 e. The molecule has 1 aromatic carbocycles. The van der Waals surface area contributed by atoms with Crippen LogP contribution < -0.4 is 16.2 Å². The van der Waals surface area contributed by atoms with Crippen LogP contribution in [0.25, 0.3) is 26.0 Å². The van der Waals surface area contributed by atoms with Crippen LogP contribution in [0.15, 0.2) is 41.6 Å². The summed E-state index contributed by atoms with van der Waals surface area (Å²) in [6.07, 6.45) is 3.30. The Morgan fingerprint density at radius 1 is 1.23 bits per heavy atom. The Bertz CT molecular complexity index is 1180. The number of nitrogens with two attached hydrogens (primary N) is 1. The number of halogens is 1. The lowest BCUT2D eigenvalue weighted by atomic mass is 10.2. The van der Waals surface area contributed by atoms with Crippen molar-refractivity contribution >= 4 is 65.7 Å². The fourth-order valence-corrected chi connectivity index (χ4v) is 4.57. The van der Waals surface area contributed by atoms with E-state index in [1.54, 1.807) is 17.1 Å². The lowest BCUT2D eigenvalue weighted by Gasteiger charge is -2.15. The molecule has 26 heavy (non-hydrogen) atoms. The summed E-state index contributed by atoms with van der Waals surface area (Å²) < 4.78 is 4.03. The van der Waals surface area contributed by atoms with Crippen LogP contribution in [0.5, 0.6) is 0 Å². The summed E-state index contributed by atoms with van der Waals surface area (Å²) in [5.74, 6) is 0.433. The van der Waals surface area contributed by atoms with E-state index in [-0.39, 0.29) is 5.56 Å². The molecule has 2 N–H and O–H groups in total. The van der Waals surface area contributed by atoms with Gasteiger partial charge in [-0.25, -0.2) is 9.97 Å². The van der Waals surface area contributed by atoms with E-state index in [0.29, 0.717) is 16.0 Å². The molecule has 0 amide bonds. The monoisotopic (exact) mass is 477 g/mol. The summed E-state index contributed by atoms with van der Waals surface area (Å²) in [7, 11) is 3.82. The predicted octanol–water partition coefficient (Wildman–Crippen LogP) is 3.58. The first kappa shape index (κ1) is 17.2. The molecule has 0 aliphatic carbocycles. The molecule has 0 fully saturated rings. The maximum absolute atomic E-state index is 13.1. The van der Waals surface area contributed by atoms with Crippen LogP contribution in [-0.2, 0) is 4.43 Å². The minimum Gasteiger partial charge on any atom is -0.382 e. The van der Waals surface area contributed by atoms with Gasteiger partial charge in [0.2, 0.25) is 0 Å². The molecule has 0 radical (unpaired) electrons. The zero-order chi connectivity index (χ0) is 18.4. The standard InChI is InChI=1S/C18H16IN5OS/c1-23(2)15-13-12(8-21-17(15)20)26-16-14(13)22-9-24(18(16)25)11-5-3-10(7-19)4-6-11/h3-6,8-9H,7H2,1-2H3,(H2,20,21). The van der Waals surface area contributed by atoms with E-state index in [0.717, 1.165) is 25.9 Å². The first-order chi connectivity index (χ1) is 12.5. The Labute approximate surface area is 167 Å². The van der Waals surface area contributed by atoms with Gasteiger partial charge in [-0.05, 0) is 17.7 Å². The highest BCUT2D eigenvalue weighted by Crippen LogP contribution is 2.38. The van der Waals surface area contributed by atoms with Gasteiger partial charge in [-0.3, -0.25) is 9.36 Å². The van der Waals surface area contributed by atoms with Gasteiger partial charge < -0.3 is 10.6 Å². The van der Waals surface area contributed by atoms with Crippen molar-refractivity contribution < 1.29 is 0 Å². The summed E-state index contributed by atoms with van der Waals surface area (Å²) in [5, 5.41) is 0.881. The number of alkyl halides is 1. The molecule has 8 heteroatoms. The molecule has 0 bridgehead atoms. The summed E-state index contributed by atoms with van der Waals surface area (Å²) in [6, 6.07) is 7.94. The van der Waals surface area contributed by atoms with Gasteiger partial charge >= 0.3 is 0 Å². The number of fused-ring (bicyclic) bond motifs is 3. The van der Waals surface area contributed by atoms with E-state index < -0.39 is 0 Å². The van der Waals surface area contributed by atoms with Gasteiger partial charge in [0.25, 0.3) is 5.56 Å². The van der Waals surface area contributed by atoms with E-state index in [4.69, 9.17) is 5.73 Å². The number of hydrogen-bond acceptors (Lipinski definition) is 6. The molecule has 4 aromatic rings. The second kappa shape index (κ2) is 6.51. The van der Waals surface area contributed by atoms with Crippen molar-refractivity contribution in [3.8, 4) is 5.69 Å². The van der Waals surface area contributed by atoms with E-state index in [2.05, 4.69) is 32.6 Å². The van der Waals surface area contributed by atoms with Gasteiger partial charge in [-0.15, -0.1) is 11.3 Å². The Morgan fingerprint density at radius 2 is 1.96 bits per heavy atom. The van der Waals surface area contributed by atoms with Crippen molar-refractivity contribution in [3.05, 3.63) is 52.7 Å². The highest BCUT2D eigenvalue weighted by atomic mass is 127. The minimum atomic E-state index is -0.0818. The second-order valence-corrected chi connectivity index (χ2v) is 7.94. The van der Waals surface area contributed by atoms with Crippen LogP contribution in [0.1, 0.15) is 5.56 Å². The van der Waals surface area contributed by atoms with Crippen molar-refractivity contribution in [2.24, 2.45) is 0 Å². The molecule has 0 atom stereocenters. The molecule has 3 aromatic heterocycles. The number of nitrogen functional groups attached to an aromatic ring is 1. The van der Waals surface area contributed by atoms with Crippen molar-refractivity contribution in [2.75, 3.05) is 24.7 Å². The molecule has 0 unspecified atom stereocenters. The number of aromatic nitrogens is 3. The number of rotatable bonds is 3. The SMILES string of the molecule is CN(C)c1c(N)ncc2sc3c(=O)n(-c4ccc(CI)cc4)cnc3c12. The third kappa shape index (κ3) is 2.64. The Hall–Kier alpha value is -2.20. The molecular weight excluding hydrogens is 461 g/mol. The Balaban J connectivity index is 2.00. The first-order valence-corrected chi connectivity index (χ1v) is 10.3. The average molecular weight is 477 g/mol. The number of anilines is 2. The Kier molecular flexibility index (Phi) is 4.31. The number of benzene rings is 1. The molecule has 4 rings (SSSR count). The van der Waals surface area contributed by atoms with Crippen LogP contribution in [-0.4, -0.2) is 28.6 Å². The molecule has 0 saturated carbocycles. The number of nitrogens with zero attached hydrogens (tertiary/aromatic N) is 4. The molecule has 0 aliphatic heterocycles. The largest absolute Gasteiger partial charge is 0.382 e. The van der Waals surface area contributed by atoms with Crippen LogP contribution in [0, 0.1) is 0 Å². The molecule has 132 valence electrons. The zero-order valence-electron chi connectivity index (χ0n) is 14.2. The normalized spacial score (nSPS) is 11.3. The topological polar surface area (TPSA) is 77.0 Å². The Morgan fingerprint density at radius 3 is 2.62 bits per heavy atom. The summed E-state index contributed by atoms with van der Waals surface area (Å²) >= 11 is 3.72. The molecule has 3 heterocycles. The predicted molar refractivity (Wildman–Crippen MR) is 117 cm³/mol. The minimum absolute atomic E-state index is 0.0818. The number of hydrogen-bond donors (Lipinski definition) is 1. The molecular formula is C18H16IN5OS. The number of pyridine rings is 1. The lowest BCUT2D eigenvalue weighted by Crippen LogP contribution is -2.18. The average Bonchev–Trinajstić information content (AvgIpc) is 3.01. The van der Waals surface area contributed by atoms with Gasteiger partial charge in [-0.1, -0.05) is 34.7 Å². The maximum Gasteiger partial charge on any atom is 0.275 e. The van der Waals surface area contributed by atoms with E-state index in [1.807, 2.05) is 43.3 Å². The van der Waals surface area contributed by atoms with Gasteiger partial charge in [0.1, 0.15) is 16.8 Å². The van der Waals surface area contributed by atoms with E-state index >= 15 is 0 Å². The number of thiophene rings is 1. The highest BCUT2D eigenvalue weighted by molar-refractivity contribution is 14.1. The fourth-order valence-electron chi connectivity index (χ4n) is 3.00. The summed E-state index contributed by atoms with van der Waals surface area (Å²) in [6.45, 7) is 0. The van der Waals surface area contributed by atoms with Gasteiger partial charge in [0.05, 0.1) is 21.6 Å². The zero-order valence-corrected chi connectivity index (χ0v) is 17.2. The van der Waals surface area contributed by atoms with Crippen LogP contribution in [0.4, 0.5) is 11.5 Å². The second-order valence-electron chi connectivity index (χ2n) is 6.13. The third-order valence-corrected chi connectivity index (χ3v) is 6.22. The molecule has 0 spiro atoms. The fraction of sp³-hybridized carbons (Fsp3) is 0.167. The van der Waals surface area contributed by atoms with Gasteiger partial charge in [0.15, 0.2) is 0 Å². The highest BCUT2D eigenvalue weighted by Gasteiger charge is 2.18. The quantitative estimate of drug-likeness (QED) is 0.361. The molecule has 6 nitrogen and oxygen atoms in total. The summed E-state index contributed by atoms with van der Waals surface area (Å²) in [4.78, 5) is 23.9. The van der Waals surface area contributed by atoms with Gasteiger partial charge in [0, 0.05) is 30.1 Å². The van der Waals surface area contributed by atoms with Crippen LogP contribution in [0.2, 0.25) is 0 Å². The van der Waals surface area contributed by atoms with Crippen LogP contribution in [0.3, 0.4) is 0 Å². The van der Waals surface area contributed by atoms with E-state index in [1.165, 1.54) is 16.9 Å². The molecule has 0 aliphatic rings. The maximum atomic E-state index is 13.1. The van der Waals surface area contributed by atoms with Crippen molar-refractivity contribution in [2.45, 2.75) is 4.43 Å². The molecule has 0 saturated heterocycles. The van der Waals surface area contributed by atoms with Crippen molar-refractivity contribution in [1.82, 2.24) is 14.5 Å².